The molecule has 8 heteroatoms. The van der Waals surface area contributed by atoms with Crippen LogP contribution in [0.2, 0.25) is 0 Å². The van der Waals surface area contributed by atoms with Crippen LogP contribution >= 0.6 is 11.3 Å². The number of amides is 1. The predicted molar refractivity (Wildman–Crippen MR) is 109 cm³/mol. The molecule has 0 spiro atoms. The van der Waals surface area contributed by atoms with E-state index < -0.39 is 5.97 Å². The van der Waals surface area contributed by atoms with Gasteiger partial charge in [0.2, 0.25) is 5.91 Å². The zero-order valence-electron chi connectivity index (χ0n) is 16.1. The van der Waals surface area contributed by atoms with Crippen LogP contribution in [0.1, 0.15) is 34.9 Å². The van der Waals surface area contributed by atoms with Crippen LogP contribution in [0.25, 0.3) is 10.2 Å². The maximum atomic E-state index is 12.7. The normalized spacial score (nSPS) is 11.0. The second kappa shape index (κ2) is 7.93. The van der Waals surface area contributed by atoms with E-state index >= 15 is 0 Å². The van der Waals surface area contributed by atoms with Crippen molar-refractivity contribution < 1.29 is 14.3 Å². The van der Waals surface area contributed by atoms with Gasteiger partial charge in [0.25, 0.3) is 5.56 Å². The van der Waals surface area contributed by atoms with E-state index in [4.69, 9.17) is 4.74 Å². The van der Waals surface area contributed by atoms with Gasteiger partial charge in [0, 0.05) is 10.6 Å². The molecule has 0 atom stereocenters. The number of nitrogens with zero attached hydrogens (tertiary/aromatic N) is 2. The number of aryl methyl sites for hydroxylation is 2. The van der Waals surface area contributed by atoms with Crippen molar-refractivity contribution in [2.45, 2.75) is 40.3 Å². The maximum Gasteiger partial charge on any atom is 0.338 e. The average Bonchev–Trinajstić information content (AvgIpc) is 2.99. The van der Waals surface area contributed by atoms with Gasteiger partial charge in [-0.05, 0) is 58.0 Å². The highest BCUT2D eigenvalue weighted by atomic mass is 32.1. The van der Waals surface area contributed by atoms with Crippen molar-refractivity contribution in [2.24, 2.45) is 0 Å². The predicted octanol–water partition coefficient (Wildman–Crippen LogP) is 3.28. The minimum Gasteiger partial charge on any atom is -0.459 e. The van der Waals surface area contributed by atoms with E-state index in [9.17, 15) is 14.4 Å². The van der Waals surface area contributed by atoms with E-state index in [2.05, 4.69) is 10.3 Å². The Morgan fingerprint density at radius 2 is 1.89 bits per heavy atom. The van der Waals surface area contributed by atoms with Crippen LogP contribution in [0.5, 0.6) is 0 Å². The highest BCUT2D eigenvalue weighted by Gasteiger charge is 2.14. The Bertz CT molecular complexity index is 1100. The Labute approximate surface area is 166 Å². The largest absolute Gasteiger partial charge is 0.459 e. The van der Waals surface area contributed by atoms with Crippen molar-refractivity contribution in [3.05, 3.63) is 57.0 Å². The number of ether oxygens (including phenoxy) is 1. The fourth-order valence-electron chi connectivity index (χ4n) is 2.74. The molecular weight excluding hydrogens is 378 g/mol. The molecule has 3 aromatic rings. The van der Waals surface area contributed by atoms with Crippen LogP contribution in [0.4, 0.5) is 5.69 Å². The third-order valence-corrected chi connectivity index (χ3v) is 4.96. The van der Waals surface area contributed by atoms with Crippen molar-refractivity contribution >= 4 is 39.1 Å². The number of aromatic nitrogens is 2. The summed E-state index contributed by atoms with van der Waals surface area (Å²) in [5.74, 6) is -0.280. The lowest BCUT2D eigenvalue weighted by Crippen LogP contribution is -2.29. The molecule has 0 saturated carbocycles. The summed E-state index contributed by atoms with van der Waals surface area (Å²) in [5, 5.41) is 3.25. The lowest BCUT2D eigenvalue weighted by molar-refractivity contribution is -0.116. The molecule has 146 valence electrons. The summed E-state index contributed by atoms with van der Waals surface area (Å²) in [4.78, 5) is 43.0. The lowest BCUT2D eigenvalue weighted by Gasteiger charge is -2.11. The molecule has 0 radical (unpaired) electrons. The van der Waals surface area contributed by atoms with E-state index in [-0.39, 0.29) is 24.1 Å². The topological polar surface area (TPSA) is 90.3 Å². The van der Waals surface area contributed by atoms with Crippen LogP contribution in [-0.4, -0.2) is 27.5 Å². The van der Waals surface area contributed by atoms with Crippen LogP contribution in [0.15, 0.2) is 35.1 Å². The van der Waals surface area contributed by atoms with Crippen LogP contribution in [0, 0.1) is 13.8 Å². The van der Waals surface area contributed by atoms with Gasteiger partial charge < -0.3 is 10.1 Å². The van der Waals surface area contributed by atoms with Crippen LogP contribution in [-0.2, 0) is 16.1 Å². The van der Waals surface area contributed by atoms with Gasteiger partial charge in [0.05, 0.1) is 17.1 Å². The average molecular weight is 399 g/mol. The standard InChI is InChI=1S/C20H21N3O4S/c1-11(2)27-20(26)14-5-7-15(8-6-14)22-17(24)10-23-13(4)21-18-16(19(23)25)9-12(3)28-18/h5-9,11H,10H2,1-4H3,(H,22,24). The summed E-state index contributed by atoms with van der Waals surface area (Å²) in [5.41, 5.74) is 0.701. The zero-order chi connectivity index (χ0) is 20.4. The molecule has 0 fully saturated rings. The van der Waals surface area contributed by atoms with Crippen LogP contribution in [0.3, 0.4) is 0 Å². The monoisotopic (exact) mass is 399 g/mol. The number of rotatable bonds is 5. The number of fused-ring (bicyclic) bond motifs is 1. The van der Waals surface area contributed by atoms with Gasteiger partial charge in [-0.2, -0.15) is 0 Å². The number of benzene rings is 1. The van der Waals surface area contributed by atoms with E-state index in [1.807, 2.05) is 6.92 Å². The molecule has 2 aromatic heterocycles. The van der Waals surface area contributed by atoms with Gasteiger partial charge in [-0.1, -0.05) is 0 Å². The van der Waals surface area contributed by atoms with E-state index in [1.165, 1.54) is 15.9 Å². The Hall–Kier alpha value is -3.00. The molecule has 28 heavy (non-hydrogen) atoms. The molecule has 1 N–H and O–H groups in total. The number of carbonyl (C=O) groups is 2. The number of esters is 1. The second-order valence-corrected chi connectivity index (χ2v) is 7.94. The molecule has 1 amide bonds. The van der Waals surface area contributed by atoms with Crippen molar-refractivity contribution in [1.82, 2.24) is 9.55 Å². The molecule has 1 aromatic carbocycles. The van der Waals surface area contributed by atoms with Crippen LogP contribution < -0.4 is 10.9 Å². The maximum absolute atomic E-state index is 12.7. The third kappa shape index (κ3) is 4.28. The Morgan fingerprint density at radius 3 is 2.54 bits per heavy atom. The van der Waals surface area contributed by atoms with Gasteiger partial charge in [-0.3, -0.25) is 14.2 Å². The highest BCUT2D eigenvalue weighted by molar-refractivity contribution is 7.18. The summed E-state index contributed by atoms with van der Waals surface area (Å²) >= 11 is 1.46. The minimum atomic E-state index is -0.416. The van der Waals surface area contributed by atoms with Crippen molar-refractivity contribution in [2.75, 3.05) is 5.32 Å². The number of carbonyl (C=O) groups excluding carboxylic acids is 2. The fourth-order valence-corrected chi connectivity index (χ4v) is 3.66. The highest BCUT2D eigenvalue weighted by Crippen LogP contribution is 2.20. The van der Waals surface area contributed by atoms with Gasteiger partial charge in [0.15, 0.2) is 0 Å². The molecule has 7 nitrogen and oxygen atoms in total. The molecule has 0 saturated heterocycles. The number of hydrogen-bond donors (Lipinski definition) is 1. The Morgan fingerprint density at radius 1 is 1.21 bits per heavy atom. The van der Waals surface area contributed by atoms with E-state index in [0.29, 0.717) is 27.3 Å². The van der Waals surface area contributed by atoms with Gasteiger partial charge in [-0.25, -0.2) is 9.78 Å². The molecule has 0 aliphatic rings. The number of hydrogen-bond acceptors (Lipinski definition) is 6. The number of thiophene rings is 1. The summed E-state index contributed by atoms with van der Waals surface area (Å²) < 4.78 is 6.49. The molecule has 0 unspecified atom stereocenters. The second-order valence-electron chi connectivity index (χ2n) is 6.71. The van der Waals surface area contributed by atoms with Crippen molar-refractivity contribution in [3.63, 3.8) is 0 Å². The third-order valence-electron chi connectivity index (χ3n) is 4.01. The molecular formula is C20H21N3O4S. The van der Waals surface area contributed by atoms with Gasteiger partial charge in [-0.15, -0.1) is 11.3 Å². The Balaban J connectivity index is 1.73. The SMILES string of the molecule is Cc1cc2c(=O)n(CC(=O)Nc3ccc(C(=O)OC(C)C)cc3)c(C)nc2s1. The number of nitrogens with one attached hydrogen (secondary N) is 1. The molecule has 2 heterocycles. The number of anilines is 1. The lowest BCUT2D eigenvalue weighted by atomic mass is 10.2. The van der Waals surface area contributed by atoms with Crippen molar-refractivity contribution in [3.8, 4) is 0 Å². The Kier molecular flexibility index (Phi) is 5.60. The molecule has 0 bridgehead atoms. The fraction of sp³-hybridized carbons (Fsp3) is 0.300. The first-order valence-electron chi connectivity index (χ1n) is 8.83. The first kappa shape index (κ1) is 19.8. The first-order valence-corrected chi connectivity index (χ1v) is 9.64. The van der Waals surface area contributed by atoms with Gasteiger partial charge in [0.1, 0.15) is 17.2 Å². The van der Waals surface area contributed by atoms with Gasteiger partial charge >= 0.3 is 5.97 Å². The molecule has 3 rings (SSSR count). The van der Waals surface area contributed by atoms with Crippen molar-refractivity contribution in [1.29, 1.82) is 0 Å². The molecule has 0 aliphatic heterocycles. The minimum absolute atomic E-state index is 0.139. The summed E-state index contributed by atoms with van der Waals surface area (Å²) in [7, 11) is 0. The van der Waals surface area contributed by atoms with E-state index in [1.54, 1.807) is 51.1 Å². The zero-order valence-corrected chi connectivity index (χ0v) is 16.9. The smallest absolute Gasteiger partial charge is 0.338 e. The first-order chi connectivity index (χ1) is 13.2. The molecule has 0 aliphatic carbocycles. The summed E-state index contributed by atoms with van der Waals surface area (Å²) in [6.07, 6.45) is -0.202. The summed E-state index contributed by atoms with van der Waals surface area (Å²) in [6.45, 7) is 7.04. The van der Waals surface area contributed by atoms with E-state index in [0.717, 1.165) is 4.88 Å². The summed E-state index contributed by atoms with van der Waals surface area (Å²) in [6, 6.07) is 8.19. The quantitative estimate of drug-likeness (QED) is 0.665.